The van der Waals surface area contributed by atoms with E-state index < -0.39 is 0 Å². The van der Waals surface area contributed by atoms with Crippen molar-refractivity contribution in [1.29, 1.82) is 0 Å². The van der Waals surface area contributed by atoms with Crippen LogP contribution in [0.5, 0.6) is 0 Å². The van der Waals surface area contributed by atoms with E-state index in [4.69, 9.17) is 0 Å². The highest BCUT2D eigenvalue weighted by molar-refractivity contribution is 5.81. The molecule has 0 aromatic heterocycles. The molecule has 176 valence electrons. The van der Waals surface area contributed by atoms with Crippen molar-refractivity contribution < 1.29 is 4.79 Å². The predicted molar refractivity (Wildman–Crippen MR) is 133 cm³/mol. The molecule has 2 saturated heterocycles. The molecule has 1 aromatic carbocycles. The Morgan fingerprint density at radius 1 is 1.16 bits per heavy atom. The summed E-state index contributed by atoms with van der Waals surface area (Å²) in [6.45, 7) is 7.91. The molecule has 1 aromatic rings. The van der Waals surface area contributed by atoms with Crippen LogP contribution in [0.3, 0.4) is 0 Å². The summed E-state index contributed by atoms with van der Waals surface area (Å²) in [6, 6.07) is 10.5. The van der Waals surface area contributed by atoms with Crippen molar-refractivity contribution in [3.05, 3.63) is 42.0 Å². The summed E-state index contributed by atoms with van der Waals surface area (Å²) in [7, 11) is 5.57. The Kier molecular flexibility index (Phi) is 9.56. The van der Waals surface area contributed by atoms with Crippen LogP contribution in [0.2, 0.25) is 0 Å². The van der Waals surface area contributed by atoms with Crippen LogP contribution in [0, 0.1) is 0 Å². The van der Waals surface area contributed by atoms with Gasteiger partial charge in [0.2, 0.25) is 5.91 Å². The number of piperazine rings is 1. The van der Waals surface area contributed by atoms with Gasteiger partial charge in [-0.1, -0.05) is 42.5 Å². The number of likely N-dealkylation sites (tertiary alicyclic amines) is 1. The summed E-state index contributed by atoms with van der Waals surface area (Å²) >= 11 is 0. The van der Waals surface area contributed by atoms with Gasteiger partial charge >= 0.3 is 0 Å². The number of carbonyl (C=O) groups excluding carboxylic acids is 1. The van der Waals surface area contributed by atoms with Gasteiger partial charge in [-0.25, -0.2) is 0 Å². The van der Waals surface area contributed by atoms with Crippen LogP contribution in [-0.4, -0.2) is 111 Å². The van der Waals surface area contributed by atoms with Crippen molar-refractivity contribution >= 4 is 17.9 Å². The van der Waals surface area contributed by atoms with E-state index in [1.165, 1.54) is 5.56 Å². The van der Waals surface area contributed by atoms with Gasteiger partial charge in [-0.2, -0.15) is 0 Å². The van der Waals surface area contributed by atoms with E-state index in [1.54, 1.807) is 4.90 Å². The molecule has 2 heterocycles. The number of carbonyl (C=O) groups is 1. The topological polar surface area (TPSA) is 54.4 Å². The van der Waals surface area contributed by atoms with Crippen molar-refractivity contribution in [2.24, 2.45) is 4.99 Å². The third-order valence-corrected chi connectivity index (χ3v) is 6.35. The van der Waals surface area contributed by atoms with Crippen molar-refractivity contribution in [3.8, 4) is 0 Å². The summed E-state index contributed by atoms with van der Waals surface area (Å²) in [6.07, 6.45) is 7.57. The van der Waals surface area contributed by atoms with Crippen LogP contribution in [-0.2, 0) is 4.79 Å². The van der Waals surface area contributed by atoms with E-state index in [2.05, 4.69) is 61.4 Å². The molecule has 3 rings (SSSR count). The number of hydrogen-bond acceptors (Lipinski definition) is 4. The highest BCUT2D eigenvalue weighted by atomic mass is 16.2. The van der Waals surface area contributed by atoms with Gasteiger partial charge in [-0.15, -0.1) is 0 Å². The van der Waals surface area contributed by atoms with E-state index in [0.29, 0.717) is 0 Å². The lowest BCUT2D eigenvalue weighted by atomic mass is 10.2. The fourth-order valence-corrected chi connectivity index (χ4v) is 4.53. The number of benzene rings is 1. The molecule has 0 spiro atoms. The molecule has 0 radical (unpaired) electrons. The van der Waals surface area contributed by atoms with Gasteiger partial charge in [0.05, 0.1) is 6.04 Å². The van der Waals surface area contributed by atoms with Gasteiger partial charge in [0.1, 0.15) is 0 Å². The SMILES string of the molecule is CN=C(NCCCN1CCCC1C(=O)N(C)C)N1CCN(C/C=C/c2ccccc2)CC1. The van der Waals surface area contributed by atoms with Crippen molar-refractivity contribution in [3.63, 3.8) is 0 Å². The molecule has 0 aliphatic carbocycles. The maximum atomic E-state index is 12.3. The van der Waals surface area contributed by atoms with E-state index in [0.717, 1.165) is 77.6 Å². The molecule has 0 bridgehead atoms. The number of rotatable bonds is 8. The normalized spacial score (nSPS) is 20.8. The number of likely N-dealkylation sites (N-methyl/N-ethyl adjacent to an activating group) is 1. The number of nitrogens with zero attached hydrogens (tertiary/aromatic N) is 5. The molecule has 7 heteroatoms. The minimum Gasteiger partial charge on any atom is -0.356 e. The number of guanidine groups is 1. The minimum atomic E-state index is 0.0633. The van der Waals surface area contributed by atoms with Gasteiger partial charge in [0.25, 0.3) is 0 Å². The molecular formula is C25H40N6O. The number of aliphatic imine (C=N–C) groups is 1. The number of nitrogens with one attached hydrogen (secondary N) is 1. The predicted octanol–water partition coefficient (Wildman–Crippen LogP) is 1.84. The standard InChI is InChI=1S/C25H40N6O/c1-26-25(27-14-9-17-30-16-8-13-23(30)24(32)28(2)3)31-20-18-29(19-21-31)15-7-12-22-10-5-4-6-11-22/h4-7,10-12,23H,8-9,13-21H2,1-3H3,(H,26,27)/b12-7+. The molecule has 1 atom stereocenters. The zero-order valence-corrected chi connectivity index (χ0v) is 20.0. The zero-order valence-electron chi connectivity index (χ0n) is 20.0. The van der Waals surface area contributed by atoms with E-state index in [9.17, 15) is 4.79 Å². The van der Waals surface area contributed by atoms with E-state index >= 15 is 0 Å². The first-order chi connectivity index (χ1) is 15.6. The van der Waals surface area contributed by atoms with Gasteiger partial charge in [-0.3, -0.25) is 19.6 Å². The zero-order chi connectivity index (χ0) is 22.8. The Bertz CT molecular complexity index is 755. The molecule has 2 aliphatic heterocycles. The first kappa shape index (κ1) is 24.3. The van der Waals surface area contributed by atoms with Gasteiger partial charge in [0.15, 0.2) is 5.96 Å². The lowest BCUT2D eigenvalue weighted by molar-refractivity contribution is -0.133. The van der Waals surface area contributed by atoms with Gasteiger partial charge in [-0.05, 0) is 31.4 Å². The summed E-state index contributed by atoms with van der Waals surface area (Å²) in [5, 5.41) is 3.53. The second-order valence-corrected chi connectivity index (χ2v) is 8.85. The summed E-state index contributed by atoms with van der Waals surface area (Å²) in [4.78, 5) is 25.7. The summed E-state index contributed by atoms with van der Waals surface area (Å²) in [5.74, 6) is 1.23. The van der Waals surface area contributed by atoms with Crippen LogP contribution >= 0.6 is 0 Å². The van der Waals surface area contributed by atoms with Crippen LogP contribution in [0.25, 0.3) is 6.08 Å². The molecule has 1 unspecified atom stereocenters. The van der Waals surface area contributed by atoms with Gasteiger partial charge in [0, 0.05) is 67.0 Å². The Morgan fingerprint density at radius 2 is 1.91 bits per heavy atom. The van der Waals surface area contributed by atoms with Gasteiger partial charge < -0.3 is 15.1 Å². The summed E-state index contributed by atoms with van der Waals surface area (Å²) in [5.41, 5.74) is 1.25. The fourth-order valence-electron chi connectivity index (χ4n) is 4.53. The largest absolute Gasteiger partial charge is 0.356 e. The first-order valence-corrected chi connectivity index (χ1v) is 11.9. The number of hydrogen-bond donors (Lipinski definition) is 1. The van der Waals surface area contributed by atoms with Crippen LogP contribution in [0.4, 0.5) is 0 Å². The maximum absolute atomic E-state index is 12.3. The molecule has 1 N–H and O–H groups in total. The average Bonchev–Trinajstić information content (AvgIpc) is 3.28. The Balaban J connectivity index is 1.34. The molecule has 2 fully saturated rings. The van der Waals surface area contributed by atoms with Crippen molar-refractivity contribution in [2.45, 2.75) is 25.3 Å². The molecule has 0 saturated carbocycles. The maximum Gasteiger partial charge on any atom is 0.239 e. The Labute approximate surface area is 193 Å². The molecule has 32 heavy (non-hydrogen) atoms. The minimum absolute atomic E-state index is 0.0633. The molecule has 1 amide bonds. The first-order valence-electron chi connectivity index (χ1n) is 11.9. The lowest BCUT2D eigenvalue weighted by Crippen LogP contribution is -2.52. The quantitative estimate of drug-likeness (QED) is 0.380. The third-order valence-electron chi connectivity index (χ3n) is 6.35. The lowest BCUT2D eigenvalue weighted by Gasteiger charge is -2.36. The van der Waals surface area contributed by atoms with E-state index in [1.807, 2.05) is 27.2 Å². The fraction of sp³-hybridized carbons (Fsp3) is 0.600. The van der Waals surface area contributed by atoms with Crippen molar-refractivity contribution in [2.75, 3.05) is 73.5 Å². The monoisotopic (exact) mass is 440 g/mol. The second-order valence-electron chi connectivity index (χ2n) is 8.85. The smallest absolute Gasteiger partial charge is 0.239 e. The second kappa shape index (κ2) is 12.6. The highest BCUT2D eigenvalue weighted by Gasteiger charge is 2.31. The molecule has 7 nitrogen and oxygen atoms in total. The Morgan fingerprint density at radius 3 is 2.59 bits per heavy atom. The highest BCUT2D eigenvalue weighted by Crippen LogP contribution is 2.18. The molecule has 2 aliphatic rings. The number of amides is 1. The van der Waals surface area contributed by atoms with Crippen molar-refractivity contribution in [1.82, 2.24) is 24.9 Å². The molecular weight excluding hydrogens is 400 g/mol. The van der Waals surface area contributed by atoms with Crippen LogP contribution in [0.1, 0.15) is 24.8 Å². The van der Waals surface area contributed by atoms with Crippen LogP contribution < -0.4 is 5.32 Å². The third kappa shape index (κ3) is 7.07. The van der Waals surface area contributed by atoms with Crippen LogP contribution in [0.15, 0.2) is 41.4 Å². The average molecular weight is 441 g/mol. The summed E-state index contributed by atoms with van der Waals surface area (Å²) < 4.78 is 0. The van der Waals surface area contributed by atoms with E-state index in [-0.39, 0.29) is 11.9 Å². The Hall–Kier alpha value is -2.38.